The minimum atomic E-state index is 0.201. The van der Waals surface area contributed by atoms with Crippen molar-refractivity contribution in [3.8, 4) is 11.8 Å². The van der Waals surface area contributed by atoms with Crippen molar-refractivity contribution in [2.45, 2.75) is 32.6 Å². The Balaban J connectivity index is 1.65. The molecule has 0 aromatic heterocycles. The third kappa shape index (κ3) is 2.96. The highest BCUT2D eigenvalue weighted by atomic mass is 16.2. The van der Waals surface area contributed by atoms with E-state index in [4.69, 9.17) is 5.73 Å². The maximum absolute atomic E-state index is 12.4. The zero-order valence-electron chi connectivity index (χ0n) is 12.5. The van der Waals surface area contributed by atoms with Crippen LogP contribution in [0.2, 0.25) is 0 Å². The number of fused-ring (bicyclic) bond motifs is 1. The van der Waals surface area contributed by atoms with Crippen LogP contribution in [0, 0.1) is 36.5 Å². The van der Waals surface area contributed by atoms with Gasteiger partial charge in [0.1, 0.15) is 0 Å². The first-order valence-corrected chi connectivity index (χ1v) is 7.81. The van der Waals surface area contributed by atoms with E-state index in [-0.39, 0.29) is 11.8 Å². The molecule has 0 radical (unpaired) electrons. The van der Waals surface area contributed by atoms with Crippen molar-refractivity contribution < 1.29 is 4.79 Å². The van der Waals surface area contributed by atoms with E-state index >= 15 is 0 Å². The van der Waals surface area contributed by atoms with Crippen molar-refractivity contribution in [1.82, 2.24) is 0 Å². The summed E-state index contributed by atoms with van der Waals surface area (Å²) in [5.41, 5.74) is 8.31. The third-order valence-electron chi connectivity index (χ3n) is 4.78. The highest BCUT2D eigenvalue weighted by Crippen LogP contribution is 2.55. The van der Waals surface area contributed by atoms with Crippen LogP contribution in [0.3, 0.4) is 0 Å². The van der Waals surface area contributed by atoms with Crippen LogP contribution >= 0.6 is 0 Å². The molecular weight excluding hydrogens is 260 g/mol. The molecule has 3 N–H and O–H groups in total. The second kappa shape index (κ2) is 5.91. The van der Waals surface area contributed by atoms with Gasteiger partial charge in [-0.25, -0.2) is 0 Å². The molecule has 3 nitrogen and oxygen atoms in total. The van der Waals surface area contributed by atoms with Gasteiger partial charge in [-0.05, 0) is 55.4 Å². The summed E-state index contributed by atoms with van der Waals surface area (Å²) in [5, 5.41) is 3.07. The quantitative estimate of drug-likeness (QED) is 0.819. The van der Waals surface area contributed by atoms with Gasteiger partial charge in [0.05, 0.1) is 6.54 Å². The first-order valence-electron chi connectivity index (χ1n) is 7.81. The van der Waals surface area contributed by atoms with Crippen molar-refractivity contribution >= 4 is 11.6 Å². The van der Waals surface area contributed by atoms with Crippen LogP contribution in [0.4, 0.5) is 5.69 Å². The van der Waals surface area contributed by atoms with E-state index in [1.54, 1.807) is 0 Å². The lowest BCUT2D eigenvalue weighted by atomic mass is 10.0. The van der Waals surface area contributed by atoms with Gasteiger partial charge in [-0.2, -0.15) is 0 Å². The number of anilines is 1. The summed E-state index contributed by atoms with van der Waals surface area (Å²) in [4.78, 5) is 12.4. The third-order valence-corrected chi connectivity index (χ3v) is 4.78. The number of carbonyl (C=O) groups is 1. The van der Waals surface area contributed by atoms with Crippen LogP contribution in [0.25, 0.3) is 0 Å². The first-order chi connectivity index (χ1) is 10.2. The molecule has 1 aromatic carbocycles. The molecule has 0 bridgehead atoms. The molecule has 0 heterocycles. The lowest BCUT2D eigenvalue weighted by molar-refractivity contribution is -0.117. The molecule has 3 rings (SSSR count). The summed E-state index contributed by atoms with van der Waals surface area (Å²) in [6, 6.07) is 5.87. The summed E-state index contributed by atoms with van der Waals surface area (Å²) < 4.78 is 0. The van der Waals surface area contributed by atoms with Gasteiger partial charge in [-0.15, -0.1) is 0 Å². The zero-order chi connectivity index (χ0) is 14.8. The highest BCUT2D eigenvalue weighted by Gasteiger charge is 2.54. The number of rotatable bonds is 2. The zero-order valence-corrected chi connectivity index (χ0v) is 12.5. The molecule has 1 aromatic rings. The molecule has 3 heteroatoms. The Kier molecular flexibility index (Phi) is 3.98. The minimum absolute atomic E-state index is 0.201. The molecule has 0 aliphatic heterocycles. The predicted molar refractivity (Wildman–Crippen MR) is 84.7 cm³/mol. The summed E-state index contributed by atoms with van der Waals surface area (Å²) in [6.45, 7) is 2.37. The number of nitrogens with one attached hydrogen (secondary N) is 1. The van der Waals surface area contributed by atoms with Gasteiger partial charge in [0.2, 0.25) is 5.91 Å². The Morgan fingerprint density at radius 1 is 1.33 bits per heavy atom. The molecule has 2 aliphatic rings. The summed E-state index contributed by atoms with van der Waals surface area (Å²) in [6.07, 6.45) is 5.04. The van der Waals surface area contributed by atoms with E-state index in [9.17, 15) is 4.79 Å². The van der Waals surface area contributed by atoms with Crippen molar-refractivity contribution in [3.05, 3.63) is 29.3 Å². The highest BCUT2D eigenvalue weighted by molar-refractivity contribution is 5.95. The fourth-order valence-electron chi connectivity index (χ4n) is 3.63. The van der Waals surface area contributed by atoms with Crippen molar-refractivity contribution in [2.24, 2.45) is 23.5 Å². The molecule has 2 unspecified atom stereocenters. The molecule has 2 saturated carbocycles. The summed E-state index contributed by atoms with van der Waals surface area (Å²) in [7, 11) is 0. The molecule has 1 amide bonds. The van der Waals surface area contributed by atoms with Crippen molar-refractivity contribution in [1.29, 1.82) is 0 Å². The number of aryl methyl sites for hydroxylation is 1. The van der Waals surface area contributed by atoms with Crippen molar-refractivity contribution in [3.63, 3.8) is 0 Å². The van der Waals surface area contributed by atoms with Crippen LogP contribution in [-0.4, -0.2) is 12.5 Å². The maximum Gasteiger partial charge on any atom is 0.228 e. The molecule has 110 valence electrons. The number of benzene rings is 1. The molecule has 0 saturated heterocycles. The van der Waals surface area contributed by atoms with Gasteiger partial charge in [0.15, 0.2) is 0 Å². The van der Waals surface area contributed by atoms with E-state index in [0.29, 0.717) is 18.4 Å². The van der Waals surface area contributed by atoms with Gasteiger partial charge in [0.25, 0.3) is 0 Å². The van der Waals surface area contributed by atoms with Crippen LogP contribution in [0.5, 0.6) is 0 Å². The molecule has 2 atom stereocenters. The van der Waals surface area contributed by atoms with Gasteiger partial charge in [-0.1, -0.05) is 24.7 Å². The molecule has 21 heavy (non-hydrogen) atoms. The van der Waals surface area contributed by atoms with Gasteiger partial charge >= 0.3 is 0 Å². The Morgan fingerprint density at radius 3 is 2.67 bits per heavy atom. The lowest BCUT2D eigenvalue weighted by Crippen LogP contribution is -2.15. The van der Waals surface area contributed by atoms with Gasteiger partial charge < -0.3 is 11.1 Å². The van der Waals surface area contributed by atoms with Crippen LogP contribution in [0.1, 0.15) is 36.8 Å². The van der Waals surface area contributed by atoms with E-state index in [0.717, 1.165) is 16.8 Å². The van der Waals surface area contributed by atoms with Gasteiger partial charge in [0, 0.05) is 17.2 Å². The Labute approximate surface area is 126 Å². The lowest BCUT2D eigenvalue weighted by Gasteiger charge is -2.07. The normalized spacial score (nSPS) is 26.3. The van der Waals surface area contributed by atoms with Crippen LogP contribution in [0.15, 0.2) is 18.2 Å². The Bertz CT molecular complexity index is 599. The summed E-state index contributed by atoms with van der Waals surface area (Å²) in [5.74, 6) is 7.65. The Morgan fingerprint density at radius 2 is 2.05 bits per heavy atom. The smallest absolute Gasteiger partial charge is 0.228 e. The number of hydrogen-bond donors (Lipinski definition) is 2. The largest absolute Gasteiger partial charge is 0.326 e. The fraction of sp³-hybridized carbons (Fsp3) is 0.500. The van der Waals surface area contributed by atoms with E-state index in [1.165, 1.54) is 25.7 Å². The van der Waals surface area contributed by atoms with E-state index in [1.807, 2.05) is 25.1 Å². The van der Waals surface area contributed by atoms with Gasteiger partial charge in [-0.3, -0.25) is 4.79 Å². The number of hydrogen-bond acceptors (Lipinski definition) is 2. The predicted octanol–water partition coefficient (Wildman–Crippen LogP) is 2.68. The standard InChI is InChI=1S/C18H22N2O/c1-12-11-14(9-8-13(12)5-4-10-19)20-18(21)17-15-6-2-3-7-16(15)17/h8-9,11,15-17H,2-3,6-7,10,19H2,1H3,(H,20,21). The molecular formula is C18H22N2O. The first kappa shape index (κ1) is 14.2. The number of amides is 1. The Hall–Kier alpha value is -1.79. The van der Waals surface area contributed by atoms with E-state index < -0.39 is 0 Å². The second-order valence-corrected chi connectivity index (χ2v) is 6.16. The SMILES string of the molecule is Cc1cc(NC(=O)C2C3CCCCC32)ccc1C#CCN. The monoisotopic (exact) mass is 282 g/mol. The van der Waals surface area contributed by atoms with Crippen LogP contribution in [-0.2, 0) is 4.79 Å². The van der Waals surface area contributed by atoms with Crippen LogP contribution < -0.4 is 11.1 Å². The van der Waals surface area contributed by atoms with E-state index in [2.05, 4.69) is 17.2 Å². The molecule has 0 spiro atoms. The average Bonchev–Trinajstić information content (AvgIpc) is 3.21. The topological polar surface area (TPSA) is 55.1 Å². The van der Waals surface area contributed by atoms with Crippen molar-refractivity contribution in [2.75, 3.05) is 11.9 Å². The second-order valence-electron chi connectivity index (χ2n) is 6.16. The number of nitrogens with two attached hydrogens (primary N) is 1. The summed E-state index contributed by atoms with van der Waals surface area (Å²) >= 11 is 0. The molecule has 2 aliphatic carbocycles. The maximum atomic E-state index is 12.4. The fourth-order valence-corrected chi connectivity index (χ4v) is 3.63. The minimum Gasteiger partial charge on any atom is -0.326 e. The number of carbonyl (C=O) groups excluding carboxylic acids is 1. The average molecular weight is 282 g/mol. The molecule has 2 fully saturated rings.